The lowest BCUT2D eigenvalue weighted by atomic mass is 10.0. The summed E-state index contributed by atoms with van der Waals surface area (Å²) < 4.78 is 5.93. The Kier molecular flexibility index (Phi) is 6.47. The molecule has 4 aromatic rings. The Morgan fingerprint density at radius 2 is 1.68 bits per heavy atom. The first-order valence-corrected chi connectivity index (χ1v) is 9.22. The predicted molar refractivity (Wildman–Crippen MR) is 112 cm³/mol. The third kappa shape index (κ3) is 5.01. The molecule has 4 heteroatoms. The maximum atomic E-state index is 9.37. The number of aliphatic carboxylic acids is 1. The van der Waals surface area contributed by atoms with Gasteiger partial charge >= 0.3 is 5.97 Å². The Bertz CT molecular complexity index is 1040. The topological polar surface area (TPSA) is 62.3 Å². The summed E-state index contributed by atoms with van der Waals surface area (Å²) in [7, 11) is 0. The number of hydrogen-bond acceptors (Lipinski definition) is 2. The average Bonchev–Trinajstić information content (AvgIpc) is 3.18. The highest BCUT2D eigenvalue weighted by Gasteiger charge is 2.06. The SMILES string of the molecule is CCC(=O)O.c1ccc(COc2cccc(-c3c[nH]c4ccccc34)c2)cc1. The molecule has 28 heavy (non-hydrogen) atoms. The van der Waals surface area contributed by atoms with Crippen LogP contribution in [0.25, 0.3) is 22.0 Å². The number of ether oxygens (including phenoxy) is 1. The number of hydrogen-bond donors (Lipinski definition) is 2. The van der Waals surface area contributed by atoms with Crippen LogP contribution in [0, 0.1) is 0 Å². The minimum absolute atomic E-state index is 0.222. The van der Waals surface area contributed by atoms with Crippen LogP contribution in [0.2, 0.25) is 0 Å². The van der Waals surface area contributed by atoms with Crippen LogP contribution in [0.3, 0.4) is 0 Å². The summed E-state index contributed by atoms with van der Waals surface area (Å²) in [6.45, 7) is 2.18. The third-order valence-corrected chi connectivity index (χ3v) is 4.29. The molecule has 0 aliphatic rings. The molecule has 0 aliphatic carbocycles. The lowest BCUT2D eigenvalue weighted by Gasteiger charge is -2.08. The molecule has 0 aliphatic heterocycles. The van der Waals surface area contributed by atoms with Gasteiger partial charge in [0.15, 0.2) is 0 Å². The molecule has 0 saturated carbocycles. The maximum absolute atomic E-state index is 9.37. The number of rotatable bonds is 5. The van der Waals surface area contributed by atoms with Gasteiger partial charge in [-0.2, -0.15) is 0 Å². The molecule has 3 aromatic carbocycles. The fraction of sp³-hybridized carbons (Fsp3) is 0.125. The van der Waals surface area contributed by atoms with Crippen LogP contribution in [0.5, 0.6) is 5.75 Å². The molecule has 142 valence electrons. The molecule has 0 unspecified atom stereocenters. The van der Waals surface area contributed by atoms with E-state index in [1.54, 1.807) is 6.92 Å². The van der Waals surface area contributed by atoms with Gasteiger partial charge in [-0.1, -0.05) is 67.6 Å². The molecule has 0 bridgehead atoms. The highest BCUT2D eigenvalue weighted by Crippen LogP contribution is 2.30. The Labute approximate surface area is 164 Å². The summed E-state index contributed by atoms with van der Waals surface area (Å²) in [5.41, 5.74) is 4.68. The largest absolute Gasteiger partial charge is 0.489 e. The van der Waals surface area contributed by atoms with Crippen molar-refractivity contribution in [3.63, 3.8) is 0 Å². The van der Waals surface area contributed by atoms with Gasteiger partial charge in [0.05, 0.1) is 0 Å². The number of H-pyrrole nitrogens is 1. The highest BCUT2D eigenvalue weighted by molar-refractivity contribution is 5.95. The first-order chi connectivity index (χ1) is 13.7. The minimum Gasteiger partial charge on any atom is -0.489 e. The number of carbonyl (C=O) groups is 1. The number of nitrogens with one attached hydrogen (secondary N) is 1. The first kappa shape index (κ1) is 19.2. The Morgan fingerprint density at radius 1 is 0.964 bits per heavy atom. The highest BCUT2D eigenvalue weighted by atomic mass is 16.5. The number of aromatic amines is 1. The fourth-order valence-corrected chi connectivity index (χ4v) is 2.80. The van der Waals surface area contributed by atoms with E-state index in [-0.39, 0.29) is 6.42 Å². The third-order valence-electron chi connectivity index (χ3n) is 4.29. The van der Waals surface area contributed by atoms with Gasteiger partial charge in [-0.15, -0.1) is 0 Å². The zero-order valence-electron chi connectivity index (χ0n) is 15.8. The van der Waals surface area contributed by atoms with Crippen molar-refractivity contribution in [3.8, 4) is 16.9 Å². The van der Waals surface area contributed by atoms with Crippen molar-refractivity contribution in [3.05, 3.63) is 90.6 Å². The van der Waals surface area contributed by atoms with E-state index >= 15 is 0 Å². The Balaban J connectivity index is 0.000000403. The van der Waals surface area contributed by atoms with E-state index in [2.05, 4.69) is 53.6 Å². The van der Waals surface area contributed by atoms with Gasteiger partial charge in [-0.25, -0.2) is 0 Å². The van der Waals surface area contributed by atoms with Gasteiger partial charge in [-0.05, 0) is 29.3 Å². The molecule has 4 nitrogen and oxygen atoms in total. The Morgan fingerprint density at radius 3 is 2.43 bits per heavy atom. The normalized spacial score (nSPS) is 10.2. The van der Waals surface area contributed by atoms with Gasteiger partial charge < -0.3 is 14.8 Å². The molecule has 0 saturated heterocycles. The quantitative estimate of drug-likeness (QED) is 0.458. The summed E-state index contributed by atoms with van der Waals surface area (Å²) in [5.74, 6) is 0.140. The van der Waals surface area contributed by atoms with E-state index < -0.39 is 5.97 Å². The van der Waals surface area contributed by atoms with Gasteiger partial charge in [0, 0.05) is 29.1 Å². The number of fused-ring (bicyclic) bond motifs is 1. The molecule has 1 aromatic heterocycles. The van der Waals surface area contributed by atoms with Crippen molar-refractivity contribution in [1.82, 2.24) is 4.98 Å². The number of aromatic nitrogens is 1. The molecule has 0 atom stereocenters. The maximum Gasteiger partial charge on any atom is 0.303 e. The van der Waals surface area contributed by atoms with Crippen molar-refractivity contribution in [1.29, 1.82) is 0 Å². The van der Waals surface area contributed by atoms with Crippen molar-refractivity contribution in [2.24, 2.45) is 0 Å². The van der Waals surface area contributed by atoms with E-state index in [4.69, 9.17) is 9.84 Å². The monoisotopic (exact) mass is 373 g/mol. The molecule has 0 radical (unpaired) electrons. The van der Waals surface area contributed by atoms with E-state index in [9.17, 15) is 4.79 Å². The first-order valence-electron chi connectivity index (χ1n) is 9.22. The van der Waals surface area contributed by atoms with Gasteiger partial charge in [0.25, 0.3) is 0 Å². The summed E-state index contributed by atoms with van der Waals surface area (Å²) >= 11 is 0. The van der Waals surface area contributed by atoms with Crippen LogP contribution < -0.4 is 4.74 Å². The molecular weight excluding hydrogens is 350 g/mol. The molecule has 2 N–H and O–H groups in total. The van der Waals surface area contributed by atoms with Gasteiger partial charge in [0.1, 0.15) is 12.4 Å². The second-order valence-electron chi connectivity index (χ2n) is 6.30. The van der Waals surface area contributed by atoms with Gasteiger partial charge in [0.2, 0.25) is 0 Å². The van der Waals surface area contributed by atoms with Crippen molar-refractivity contribution < 1.29 is 14.6 Å². The predicted octanol–water partition coefficient (Wildman–Crippen LogP) is 5.89. The van der Waals surface area contributed by atoms with Crippen molar-refractivity contribution in [2.45, 2.75) is 20.0 Å². The smallest absolute Gasteiger partial charge is 0.303 e. The standard InChI is InChI=1S/C21H17NO.C3H6O2/c1-2-7-16(8-3-1)15-23-18-10-6-9-17(13-18)20-14-22-21-12-5-4-11-19(20)21;1-2-3(4)5/h1-14,22H,15H2;2H2,1H3,(H,4,5). The second-order valence-corrected chi connectivity index (χ2v) is 6.30. The van der Waals surface area contributed by atoms with E-state index in [0.717, 1.165) is 16.8 Å². The molecule has 0 amide bonds. The summed E-state index contributed by atoms with van der Waals surface area (Å²) in [6.07, 6.45) is 2.28. The van der Waals surface area contributed by atoms with Crippen molar-refractivity contribution >= 4 is 16.9 Å². The van der Waals surface area contributed by atoms with Crippen molar-refractivity contribution in [2.75, 3.05) is 0 Å². The van der Waals surface area contributed by atoms with Crippen LogP contribution in [0.1, 0.15) is 18.9 Å². The zero-order valence-corrected chi connectivity index (χ0v) is 15.8. The summed E-state index contributed by atoms with van der Waals surface area (Å²) in [5, 5.41) is 8.95. The number of carboxylic acids is 1. The lowest BCUT2D eigenvalue weighted by molar-refractivity contribution is -0.136. The molecule has 1 heterocycles. The van der Waals surface area contributed by atoms with Crippen LogP contribution in [0.4, 0.5) is 0 Å². The fourth-order valence-electron chi connectivity index (χ4n) is 2.80. The zero-order chi connectivity index (χ0) is 19.8. The number of para-hydroxylation sites is 1. The van der Waals surface area contributed by atoms with E-state index in [1.807, 2.05) is 36.4 Å². The number of benzene rings is 3. The lowest BCUT2D eigenvalue weighted by Crippen LogP contribution is -1.94. The Hall–Kier alpha value is -3.53. The second kappa shape index (κ2) is 9.42. The molecule has 0 spiro atoms. The minimum atomic E-state index is -0.745. The summed E-state index contributed by atoms with van der Waals surface area (Å²) in [6, 6.07) is 26.8. The van der Waals surface area contributed by atoms with Gasteiger partial charge in [-0.3, -0.25) is 4.79 Å². The van der Waals surface area contributed by atoms with Crippen LogP contribution in [-0.4, -0.2) is 16.1 Å². The summed E-state index contributed by atoms with van der Waals surface area (Å²) in [4.78, 5) is 12.7. The molecular formula is C24H23NO3. The van der Waals surface area contributed by atoms with E-state index in [0.29, 0.717) is 6.61 Å². The van der Waals surface area contributed by atoms with Crippen LogP contribution >= 0.6 is 0 Å². The van der Waals surface area contributed by atoms with Crippen LogP contribution in [0.15, 0.2) is 85.1 Å². The molecule has 4 rings (SSSR count). The number of carboxylic acid groups (broad SMARTS) is 1. The molecule has 0 fully saturated rings. The van der Waals surface area contributed by atoms with E-state index in [1.165, 1.54) is 16.5 Å². The van der Waals surface area contributed by atoms with Crippen LogP contribution in [-0.2, 0) is 11.4 Å². The average molecular weight is 373 g/mol.